The second-order valence-corrected chi connectivity index (χ2v) is 8.40. The highest BCUT2D eigenvalue weighted by molar-refractivity contribution is 6.30. The zero-order chi connectivity index (χ0) is 22.8. The molecule has 1 saturated heterocycles. The van der Waals surface area contributed by atoms with E-state index in [2.05, 4.69) is 30.8 Å². The smallest absolute Gasteiger partial charge is 0.241 e. The van der Waals surface area contributed by atoms with Crippen molar-refractivity contribution in [3.8, 4) is 11.3 Å². The lowest BCUT2D eigenvalue weighted by atomic mass is 9.83. The number of nitrogens with zero attached hydrogens (tertiary/aromatic N) is 3. The Morgan fingerprint density at radius 1 is 1.19 bits per heavy atom. The average Bonchev–Trinajstić information content (AvgIpc) is 3.41. The van der Waals surface area contributed by atoms with Gasteiger partial charge in [0.2, 0.25) is 18.3 Å². The quantitative estimate of drug-likeness (QED) is 0.485. The Hall–Kier alpha value is -3.07. The first-order valence-corrected chi connectivity index (χ1v) is 10.7. The predicted octanol–water partition coefficient (Wildman–Crippen LogP) is 4.42. The molecule has 0 radical (unpaired) electrons. The minimum absolute atomic E-state index is 0.208. The van der Waals surface area contributed by atoms with E-state index in [1.165, 1.54) is 13.1 Å². The standard InChI is InChI=1S/C22H23ClF2N6O/c1-11(20(24)25)15-10-27-21(32)19(15)16-7-8-26-22(29-16)28-12(2)17-9-18(31-30-17)13-3-5-14(23)6-4-13/h3-9,11-12,15,19-20H,10H2,1-2H3,(H,27,32)(H,30,31)(H,26,28,29)/t11-,12-,15-,19+/m1/s1. The fraction of sp³-hybridized carbons (Fsp3) is 0.364. The molecule has 0 spiro atoms. The van der Waals surface area contributed by atoms with Gasteiger partial charge in [0.05, 0.1) is 29.0 Å². The third kappa shape index (κ3) is 4.57. The maximum Gasteiger partial charge on any atom is 0.241 e. The number of aromatic nitrogens is 4. The molecule has 4 rings (SSSR count). The number of hydrogen-bond donors (Lipinski definition) is 3. The molecule has 3 N–H and O–H groups in total. The van der Waals surface area contributed by atoms with Crippen LogP contribution in [0.5, 0.6) is 0 Å². The van der Waals surface area contributed by atoms with Crippen molar-refractivity contribution < 1.29 is 13.6 Å². The van der Waals surface area contributed by atoms with Gasteiger partial charge in [-0.15, -0.1) is 0 Å². The van der Waals surface area contributed by atoms with Crippen LogP contribution in [0.1, 0.15) is 37.2 Å². The lowest BCUT2D eigenvalue weighted by Gasteiger charge is -2.22. The van der Waals surface area contributed by atoms with Crippen molar-refractivity contribution in [3.63, 3.8) is 0 Å². The molecule has 1 aliphatic heterocycles. The molecule has 0 unspecified atom stereocenters. The Morgan fingerprint density at radius 2 is 1.94 bits per heavy atom. The molecule has 4 atom stereocenters. The van der Waals surface area contributed by atoms with Crippen molar-refractivity contribution in [2.75, 3.05) is 11.9 Å². The Labute approximate surface area is 189 Å². The molecule has 7 nitrogen and oxygen atoms in total. The maximum atomic E-state index is 13.3. The van der Waals surface area contributed by atoms with Crippen molar-refractivity contribution >= 4 is 23.5 Å². The van der Waals surface area contributed by atoms with E-state index in [9.17, 15) is 13.6 Å². The molecule has 10 heteroatoms. The van der Waals surface area contributed by atoms with E-state index in [-0.39, 0.29) is 18.5 Å². The van der Waals surface area contributed by atoms with Crippen molar-refractivity contribution in [1.82, 2.24) is 25.5 Å². The van der Waals surface area contributed by atoms with Crippen LogP contribution in [-0.2, 0) is 4.79 Å². The summed E-state index contributed by atoms with van der Waals surface area (Å²) in [5.41, 5.74) is 2.93. The minimum atomic E-state index is -2.51. The maximum absolute atomic E-state index is 13.3. The number of rotatable bonds is 7. The van der Waals surface area contributed by atoms with Gasteiger partial charge >= 0.3 is 0 Å². The largest absolute Gasteiger partial charge is 0.355 e. The Balaban J connectivity index is 1.50. The molecule has 1 aliphatic rings. The third-order valence-corrected chi connectivity index (χ3v) is 6.09. The minimum Gasteiger partial charge on any atom is -0.355 e. The lowest BCUT2D eigenvalue weighted by Crippen LogP contribution is -2.26. The van der Waals surface area contributed by atoms with Crippen LogP contribution < -0.4 is 10.6 Å². The van der Waals surface area contributed by atoms with Crippen molar-refractivity contribution in [3.05, 3.63) is 59.0 Å². The molecule has 2 aromatic heterocycles. The summed E-state index contributed by atoms with van der Waals surface area (Å²) in [6.07, 6.45) is -0.982. The van der Waals surface area contributed by atoms with E-state index in [4.69, 9.17) is 11.6 Å². The van der Waals surface area contributed by atoms with Crippen molar-refractivity contribution in [2.24, 2.45) is 11.8 Å². The van der Waals surface area contributed by atoms with Crippen LogP contribution in [0.25, 0.3) is 11.3 Å². The number of carbonyl (C=O) groups is 1. The van der Waals surface area contributed by atoms with E-state index < -0.39 is 24.2 Å². The van der Waals surface area contributed by atoms with Gasteiger partial charge < -0.3 is 10.6 Å². The second kappa shape index (κ2) is 9.20. The molecule has 1 aromatic carbocycles. The summed E-state index contributed by atoms with van der Waals surface area (Å²) in [7, 11) is 0. The third-order valence-electron chi connectivity index (χ3n) is 5.84. The Bertz CT molecular complexity index is 1090. The lowest BCUT2D eigenvalue weighted by molar-refractivity contribution is -0.121. The first kappa shape index (κ1) is 22.1. The average molecular weight is 461 g/mol. The summed E-state index contributed by atoms with van der Waals surface area (Å²) >= 11 is 5.94. The van der Waals surface area contributed by atoms with Crippen LogP contribution in [0.2, 0.25) is 5.02 Å². The van der Waals surface area contributed by atoms with Gasteiger partial charge in [-0.2, -0.15) is 5.10 Å². The topological polar surface area (TPSA) is 95.6 Å². The SMILES string of the molecule is C[C@@H](Nc1nccc([C@H]2C(=O)NC[C@@H]2[C@@H](C)C(F)F)n1)c1cc(-c2ccc(Cl)cc2)n[nH]1. The van der Waals surface area contributed by atoms with Crippen LogP contribution in [0.15, 0.2) is 42.6 Å². The molecule has 3 heterocycles. The predicted molar refractivity (Wildman–Crippen MR) is 118 cm³/mol. The van der Waals surface area contributed by atoms with E-state index in [0.717, 1.165) is 17.0 Å². The molecule has 0 bridgehead atoms. The molecule has 32 heavy (non-hydrogen) atoms. The zero-order valence-corrected chi connectivity index (χ0v) is 18.3. The number of H-pyrrole nitrogens is 1. The molecule has 1 fully saturated rings. The Morgan fingerprint density at radius 3 is 2.66 bits per heavy atom. The van der Waals surface area contributed by atoms with Gasteiger partial charge in [0, 0.05) is 35.2 Å². The molecular weight excluding hydrogens is 438 g/mol. The van der Waals surface area contributed by atoms with Gasteiger partial charge in [0.1, 0.15) is 0 Å². The van der Waals surface area contributed by atoms with Crippen LogP contribution in [0.4, 0.5) is 14.7 Å². The van der Waals surface area contributed by atoms with E-state index in [0.29, 0.717) is 16.7 Å². The number of nitrogens with one attached hydrogen (secondary N) is 3. The fourth-order valence-electron chi connectivity index (χ4n) is 3.88. The highest BCUT2D eigenvalue weighted by atomic mass is 35.5. The van der Waals surface area contributed by atoms with Gasteiger partial charge in [0.15, 0.2) is 0 Å². The molecular formula is C22H23ClF2N6O. The van der Waals surface area contributed by atoms with E-state index in [1.807, 2.05) is 25.1 Å². The Kier molecular flexibility index (Phi) is 6.36. The summed E-state index contributed by atoms with van der Waals surface area (Å²) in [5.74, 6) is -2.18. The normalized spacial score (nSPS) is 20.2. The van der Waals surface area contributed by atoms with Gasteiger partial charge in [-0.25, -0.2) is 18.7 Å². The number of halogens is 3. The number of alkyl halides is 2. The van der Waals surface area contributed by atoms with Gasteiger partial charge in [0.25, 0.3) is 0 Å². The van der Waals surface area contributed by atoms with E-state index >= 15 is 0 Å². The number of hydrogen-bond acceptors (Lipinski definition) is 5. The number of anilines is 1. The van der Waals surface area contributed by atoms with E-state index in [1.54, 1.807) is 18.2 Å². The number of carbonyl (C=O) groups excluding carboxylic acids is 1. The molecule has 3 aromatic rings. The van der Waals surface area contributed by atoms with Crippen molar-refractivity contribution in [1.29, 1.82) is 0 Å². The molecule has 0 saturated carbocycles. The first-order chi connectivity index (χ1) is 15.3. The van der Waals surface area contributed by atoms with Gasteiger partial charge in [-0.05, 0) is 31.2 Å². The summed E-state index contributed by atoms with van der Waals surface area (Å²) in [6.45, 7) is 3.58. The zero-order valence-electron chi connectivity index (χ0n) is 17.5. The molecule has 0 aliphatic carbocycles. The van der Waals surface area contributed by atoms with Crippen LogP contribution in [-0.4, -0.2) is 39.0 Å². The monoisotopic (exact) mass is 460 g/mol. The fourth-order valence-corrected chi connectivity index (χ4v) is 4.01. The summed E-state index contributed by atoms with van der Waals surface area (Å²) in [6, 6.07) is 10.7. The van der Waals surface area contributed by atoms with Crippen LogP contribution in [0, 0.1) is 11.8 Å². The van der Waals surface area contributed by atoms with Gasteiger partial charge in [-0.3, -0.25) is 9.89 Å². The van der Waals surface area contributed by atoms with Gasteiger partial charge in [-0.1, -0.05) is 30.7 Å². The number of benzene rings is 1. The summed E-state index contributed by atoms with van der Waals surface area (Å²) in [5, 5.41) is 13.9. The number of amides is 1. The second-order valence-electron chi connectivity index (χ2n) is 7.97. The highest BCUT2D eigenvalue weighted by Crippen LogP contribution is 2.36. The molecule has 1 amide bonds. The first-order valence-electron chi connectivity index (χ1n) is 10.3. The number of aromatic amines is 1. The van der Waals surface area contributed by atoms with Crippen LogP contribution >= 0.6 is 11.6 Å². The molecule has 168 valence electrons. The van der Waals surface area contributed by atoms with Crippen molar-refractivity contribution in [2.45, 2.75) is 32.2 Å². The van der Waals surface area contributed by atoms with Crippen LogP contribution in [0.3, 0.4) is 0 Å². The summed E-state index contributed by atoms with van der Waals surface area (Å²) in [4.78, 5) is 21.1. The highest BCUT2D eigenvalue weighted by Gasteiger charge is 2.42. The summed E-state index contributed by atoms with van der Waals surface area (Å²) < 4.78 is 26.6.